The second-order valence-electron chi connectivity index (χ2n) is 6.14. The predicted octanol–water partition coefficient (Wildman–Crippen LogP) is 2.90. The van der Waals surface area contributed by atoms with E-state index < -0.39 is 5.92 Å². The lowest BCUT2D eigenvalue weighted by atomic mass is 9.97. The molecule has 3 rings (SSSR count). The van der Waals surface area contributed by atoms with Crippen LogP contribution in [0, 0.1) is 25.2 Å². The maximum Gasteiger partial charge on any atom is 0.164 e. The lowest BCUT2D eigenvalue weighted by molar-refractivity contribution is -0.119. The normalized spacial score (nSPS) is 11.9. The van der Waals surface area contributed by atoms with Gasteiger partial charge in [0, 0.05) is 24.6 Å². The molecule has 0 aliphatic heterocycles. The van der Waals surface area contributed by atoms with Gasteiger partial charge < -0.3 is 9.09 Å². The van der Waals surface area contributed by atoms with Gasteiger partial charge in [0.25, 0.3) is 0 Å². The van der Waals surface area contributed by atoms with Crippen LogP contribution < -0.4 is 0 Å². The molecule has 0 fully saturated rings. The first kappa shape index (κ1) is 17.5. The van der Waals surface area contributed by atoms with E-state index in [4.69, 9.17) is 4.52 Å². The molecule has 1 aromatic carbocycles. The molecule has 0 aliphatic carbocycles. The second kappa shape index (κ2) is 7.31. The summed E-state index contributed by atoms with van der Waals surface area (Å²) >= 11 is 0. The molecule has 2 heterocycles. The highest BCUT2D eigenvalue weighted by molar-refractivity contribution is 5.88. The topological polar surface area (TPSA) is 97.6 Å². The number of Topliss-reactive ketones (excluding diaryl/α,β-unsaturated/α-hetero) is 1. The molecular weight excluding hydrogens is 330 g/mol. The van der Waals surface area contributed by atoms with Crippen molar-refractivity contribution >= 4 is 5.78 Å². The summed E-state index contributed by atoms with van der Waals surface area (Å²) in [5.74, 6) is 0.538. The predicted molar refractivity (Wildman–Crippen MR) is 94.1 cm³/mol. The molecule has 0 aliphatic rings. The molecule has 0 bridgehead atoms. The first-order valence-corrected chi connectivity index (χ1v) is 8.31. The van der Waals surface area contributed by atoms with Crippen LogP contribution in [0.2, 0.25) is 0 Å². The Morgan fingerprint density at radius 3 is 2.62 bits per heavy atom. The van der Waals surface area contributed by atoms with Gasteiger partial charge in [-0.2, -0.15) is 5.26 Å². The van der Waals surface area contributed by atoms with Crippen LogP contribution in [0.3, 0.4) is 0 Å². The third-order valence-corrected chi connectivity index (χ3v) is 4.45. The van der Waals surface area contributed by atoms with Crippen molar-refractivity contribution in [3.8, 4) is 17.5 Å². The monoisotopic (exact) mass is 349 g/mol. The van der Waals surface area contributed by atoms with Gasteiger partial charge in [0.2, 0.25) is 0 Å². The van der Waals surface area contributed by atoms with E-state index in [0.29, 0.717) is 23.8 Å². The quantitative estimate of drug-likeness (QED) is 0.679. The van der Waals surface area contributed by atoms with Gasteiger partial charge in [-0.05, 0) is 20.3 Å². The lowest BCUT2D eigenvalue weighted by Gasteiger charge is -2.09. The number of carbonyl (C=O) groups excluding carboxylic acids is 1. The largest absolute Gasteiger partial charge is 0.361 e. The van der Waals surface area contributed by atoms with Crippen LogP contribution in [0.25, 0.3) is 11.4 Å². The fourth-order valence-electron chi connectivity index (χ4n) is 2.96. The summed E-state index contributed by atoms with van der Waals surface area (Å²) in [6.07, 6.45) is 0.705. The number of nitrogens with zero attached hydrogens (tertiary/aromatic N) is 5. The highest BCUT2D eigenvalue weighted by atomic mass is 16.5. The van der Waals surface area contributed by atoms with Crippen LogP contribution in [-0.2, 0) is 18.3 Å². The summed E-state index contributed by atoms with van der Waals surface area (Å²) in [5.41, 5.74) is 2.57. The van der Waals surface area contributed by atoms with Crippen LogP contribution in [0.5, 0.6) is 0 Å². The Morgan fingerprint density at radius 1 is 1.27 bits per heavy atom. The molecule has 7 heteroatoms. The highest BCUT2D eigenvalue weighted by Crippen LogP contribution is 2.23. The van der Waals surface area contributed by atoms with Gasteiger partial charge >= 0.3 is 0 Å². The Labute approximate surface area is 151 Å². The minimum Gasteiger partial charge on any atom is -0.361 e. The summed E-state index contributed by atoms with van der Waals surface area (Å²) in [5, 5.41) is 21.7. The molecular formula is C19H19N5O2. The molecule has 0 amide bonds. The van der Waals surface area contributed by atoms with E-state index in [0.717, 1.165) is 16.8 Å². The Hall–Kier alpha value is -3.27. The molecule has 132 valence electrons. The molecule has 0 spiro atoms. The zero-order valence-corrected chi connectivity index (χ0v) is 14.9. The van der Waals surface area contributed by atoms with E-state index in [1.54, 1.807) is 11.6 Å². The van der Waals surface area contributed by atoms with E-state index in [2.05, 4.69) is 21.4 Å². The summed E-state index contributed by atoms with van der Waals surface area (Å²) in [7, 11) is 1.77. The molecule has 2 aromatic heterocycles. The highest BCUT2D eigenvalue weighted by Gasteiger charge is 2.27. The van der Waals surface area contributed by atoms with Crippen LogP contribution in [0.1, 0.15) is 35.2 Å². The van der Waals surface area contributed by atoms with Gasteiger partial charge in [-0.3, -0.25) is 4.79 Å². The van der Waals surface area contributed by atoms with E-state index in [1.165, 1.54) is 0 Å². The summed E-state index contributed by atoms with van der Waals surface area (Å²) < 4.78 is 6.82. The van der Waals surface area contributed by atoms with Crippen LogP contribution in [0.15, 0.2) is 34.9 Å². The van der Waals surface area contributed by atoms with E-state index in [1.807, 2.05) is 44.2 Å². The molecule has 7 nitrogen and oxygen atoms in total. The molecule has 0 N–H and O–H groups in total. The van der Waals surface area contributed by atoms with Gasteiger partial charge in [-0.25, -0.2) is 0 Å². The van der Waals surface area contributed by atoms with Crippen LogP contribution >= 0.6 is 0 Å². The number of hydrogen-bond donors (Lipinski definition) is 0. The van der Waals surface area contributed by atoms with Crippen molar-refractivity contribution in [1.29, 1.82) is 5.26 Å². The molecule has 1 unspecified atom stereocenters. The standard InChI is InChI=1S/C19H19N5O2/c1-12-15(13(2)26-23-12)9-10-17(25)16(11-20)19-22-21-18(24(19)3)14-7-5-4-6-8-14/h4-8,16H,9-10H2,1-3H3. The molecule has 3 aromatic rings. The first-order chi connectivity index (χ1) is 12.5. The van der Waals surface area contributed by atoms with E-state index in [9.17, 15) is 10.1 Å². The average molecular weight is 349 g/mol. The smallest absolute Gasteiger partial charge is 0.164 e. The third kappa shape index (κ3) is 3.26. The number of rotatable bonds is 6. The lowest BCUT2D eigenvalue weighted by Crippen LogP contribution is -2.16. The molecule has 0 saturated carbocycles. The van der Waals surface area contributed by atoms with Gasteiger partial charge in [0.05, 0.1) is 11.8 Å². The van der Waals surface area contributed by atoms with Gasteiger partial charge in [0.15, 0.2) is 23.3 Å². The molecule has 26 heavy (non-hydrogen) atoms. The van der Waals surface area contributed by atoms with Crippen LogP contribution in [-0.4, -0.2) is 25.7 Å². The SMILES string of the molecule is Cc1noc(C)c1CCC(=O)C(C#N)c1nnc(-c2ccccc2)n1C. The van der Waals surface area contributed by atoms with E-state index >= 15 is 0 Å². The van der Waals surface area contributed by atoms with Crippen molar-refractivity contribution in [1.82, 2.24) is 19.9 Å². The van der Waals surface area contributed by atoms with E-state index in [-0.39, 0.29) is 12.2 Å². The molecule has 1 atom stereocenters. The van der Waals surface area contributed by atoms with Crippen molar-refractivity contribution in [2.45, 2.75) is 32.6 Å². The number of hydrogen-bond acceptors (Lipinski definition) is 6. The number of nitriles is 1. The average Bonchev–Trinajstić information content (AvgIpc) is 3.18. The zero-order valence-electron chi connectivity index (χ0n) is 14.9. The van der Waals surface area contributed by atoms with Gasteiger partial charge in [-0.1, -0.05) is 35.5 Å². The maximum absolute atomic E-state index is 12.6. The second-order valence-corrected chi connectivity index (χ2v) is 6.14. The Kier molecular flexibility index (Phi) is 4.94. The molecule has 0 radical (unpaired) electrons. The number of aryl methyl sites for hydroxylation is 2. The third-order valence-electron chi connectivity index (χ3n) is 4.45. The van der Waals surface area contributed by atoms with Crippen molar-refractivity contribution in [3.05, 3.63) is 53.2 Å². The minimum atomic E-state index is -0.953. The Morgan fingerprint density at radius 2 is 2.00 bits per heavy atom. The van der Waals surface area contributed by atoms with Gasteiger partial charge in [0.1, 0.15) is 5.76 Å². The number of benzene rings is 1. The Bertz CT molecular complexity index is 946. The maximum atomic E-state index is 12.6. The van der Waals surface area contributed by atoms with Crippen LogP contribution in [0.4, 0.5) is 0 Å². The molecule has 0 saturated heterocycles. The first-order valence-electron chi connectivity index (χ1n) is 8.31. The van der Waals surface area contributed by atoms with Gasteiger partial charge in [-0.15, -0.1) is 10.2 Å². The van der Waals surface area contributed by atoms with Crippen molar-refractivity contribution < 1.29 is 9.32 Å². The number of ketones is 1. The van der Waals surface area contributed by atoms with Crippen molar-refractivity contribution in [2.75, 3.05) is 0 Å². The number of carbonyl (C=O) groups is 1. The summed E-state index contributed by atoms with van der Waals surface area (Å²) in [4.78, 5) is 12.6. The fraction of sp³-hybridized carbons (Fsp3) is 0.316. The fourth-order valence-corrected chi connectivity index (χ4v) is 2.96. The summed E-state index contributed by atoms with van der Waals surface area (Å²) in [6, 6.07) is 11.6. The Balaban J connectivity index is 1.80. The van der Waals surface area contributed by atoms with Crippen molar-refractivity contribution in [2.24, 2.45) is 7.05 Å². The zero-order chi connectivity index (χ0) is 18.7. The summed E-state index contributed by atoms with van der Waals surface area (Å²) in [6.45, 7) is 3.66. The minimum absolute atomic E-state index is 0.192. The number of aromatic nitrogens is 4. The van der Waals surface area contributed by atoms with Crippen molar-refractivity contribution in [3.63, 3.8) is 0 Å².